The van der Waals surface area contributed by atoms with Crippen molar-refractivity contribution in [3.8, 4) is 0 Å². The molecular weight excluding hydrogens is 275 g/mol. The van der Waals surface area contributed by atoms with Gasteiger partial charge in [-0.15, -0.1) is 0 Å². The van der Waals surface area contributed by atoms with E-state index in [0.29, 0.717) is 0 Å². The highest BCUT2D eigenvalue weighted by molar-refractivity contribution is 7.46. The second kappa shape index (κ2) is 10.8. The van der Waals surface area contributed by atoms with E-state index in [-0.39, 0.29) is 17.9 Å². The molecule has 0 aromatic rings. The Morgan fingerprint density at radius 3 is 1.60 bits per heavy atom. The summed E-state index contributed by atoms with van der Waals surface area (Å²) in [4.78, 5) is 18.2. The normalized spacial score (nSPS) is 16.9. The molecular formula is C15H33O4P. The summed E-state index contributed by atoms with van der Waals surface area (Å²) in [7, 11) is -4.41. The Labute approximate surface area is 124 Å². The Balaban J connectivity index is 4.49. The molecule has 0 fully saturated rings. The van der Waals surface area contributed by atoms with Crippen LogP contribution in [-0.2, 0) is 9.09 Å². The zero-order valence-corrected chi connectivity index (χ0v) is 14.4. The SMILES string of the molecule is CCCCCC(C)C(OP(=O)(O)O)C(C)CCCCC. The molecule has 0 rings (SSSR count). The van der Waals surface area contributed by atoms with E-state index in [0.717, 1.165) is 51.4 Å². The second-order valence-corrected chi connectivity index (χ2v) is 7.20. The molecule has 0 spiro atoms. The fourth-order valence-electron chi connectivity index (χ4n) is 2.69. The van der Waals surface area contributed by atoms with Crippen LogP contribution in [0, 0.1) is 11.8 Å². The Morgan fingerprint density at radius 1 is 0.900 bits per heavy atom. The first kappa shape index (κ1) is 20.1. The van der Waals surface area contributed by atoms with Crippen LogP contribution in [-0.4, -0.2) is 15.9 Å². The van der Waals surface area contributed by atoms with Gasteiger partial charge in [0.2, 0.25) is 0 Å². The Morgan fingerprint density at radius 2 is 1.30 bits per heavy atom. The molecule has 2 atom stereocenters. The van der Waals surface area contributed by atoms with Crippen molar-refractivity contribution in [2.75, 3.05) is 0 Å². The topological polar surface area (TPSA) is 66.8 Å². The summed E-state index contributed by atoms with van der Waals surface area (Å²) >= 11 is 0. The first-order chi connectivity index (χ1) is 9.31. The minimum atomic E-state index is -4.41. The standard InChI is InChI=1S/C15H33O4P/c1-5-7-9-11-13(3)15(19-20(16,17)18)14(4)12-10-8-6-2/h13-15H,5-12H2,1-4H3,(H2,16,17,18). The molecule has 0 aliphatic rings. The van der Waals surface area contributed by atoms with E-state index in [2.05, 4.69) is 13.8 Å². The van der Waals surface area contributed by atoms with Gasteiger partial charge >= 0.3 is 7.82 Å². The van der Waals surface area contributed by atoms with Gasteiger partial charge in [-0.25, -0.2) is 4.57 Å². The van der Waals surface area contributed by atoms with Crippen molar-refractivity contribution in [3.63, 3.8) is 0 Å². The molecule has 2 N–H and O–H groups in total. The number of hydrogen-bond acceptors (Lipinski definition) is 2. The lowest BCUT2D eigenvalue weighted by Gasteiger charge is -2.30. The van der Waals surface area contributed by atoms with Crippen LogP contribution in [0.25, 0.3) is 0 Å². The first-order valence-electron chi connectivity index (χ1n) is 8.05. The molecule has 0 aliphatic carbocycles. The van der Waals surface area contributed by atoms with Crippen LogP contribution in [0.15, 0.2) is 0 Å². The molecule has 0 radical (unpaired) electrons. The maximum absolute atomic E-state index is 11.2. The molecule has 4 nitrogen and oxygen atoms in total. The second-order valence-electron chi connectivity index (χ2n) is 6.01. The Kier molecular flexibility index (Phi) is 10.8. The molecule has 122 valence electrons. The maximum Gasteiger partial charge on any atom is 0.469 e. The van der Waals surface area contributed by atoms with Crippen LogP contribution in [0.1, 0.15) is 79.1 Å². The average molecular weight is 308 g/mol. The monoisotopic (exact) mass is 308 g/mol. The fraction of sp³-hybridized carbons (Fsp3) is 1.00. The third-order valence-electron chi connectivity index (χ3n) is 3.91. The van der Waals surface area contributed by atoms with E-state index >= 15 is 0 Å². The summed E-state index contributed by atoms with van der Waals surface area (Å²) in [6, 6.07) is 0. The van der Waals surface area contributed by atoms with Crippen molar-refractivity contribution >= 4 is 7.82 Å². The highest BCUT2D eigenvalue weighted by Crippen LogP contribution is 2.42. The van der Waals surface area contributed by atoms with Crippen molar-refractivity contribution in [2.45, 2.75) is 85.2 Å². The van der Waals surface area contributed by atoms with Gasteiger partial charge in [-0.2, -0.15) is 0 Å². The van der Waals surface area contributed by atoms with Crippen molar-refractivity contribution in [2.24, 2.45) is 11.8 Å². The molecule has 0 aromatic carbocycles. The summed E-state index contributed by atoms with van der Waals surface area (Å²) in [5.41, 5.74) is 0. The van der Waals surface area contributed by atoms with Crippen LogP contribution in [0.3, 0.4) is 0 Å². The van der Waals surface area contributed by atoms with Crippen LogP contribution in [0.2, 0.25) is 0 Å². The van der Waals surface area contributed by atoms with Crippen molar-refractivity contribution in [1.82, 2.24) is 0 Å². The van der Waals surface area contributed by atoms with Gasteiger partial charge in [-0.3, -0.25) is 4.52 Å². The summed E-state index contributed by atoms with van der Waals surface area (Å²) in [6.45, 7) is 8.40. The van der Waals surface area contributed by atoms with E-state index < -0.39 is 7.82 Å². The molecule has 0 bridgehead atoms. The van der Waals surface area contributed by atoms with Crippen LogP contribution >= 0.6 is 7.82 Å². The quantitative estimate of drug-likeness (QED) is 0.397. The van der Waals surface area contributed by atoms with Gasteiger partial charge in [0.05, 0.1) is 6.10 Å². The number of unbranched alkanes of at least 4 members (excludes halogenated alkanes) is 4. The average Bonchev–Trinajstić information content (AvgIpc) is 2.35. The number of hydrogen-bond donors (Lipinski definition) is 2. The van der Waals surface area contributed by atoms with Crippen molar-refractivity contribution in [3.05, 3.63) is 0 Å². The molecule has 0 aliphatic heterocycles. The zero-order valence-electron chi connectivity index (χ0n) is 13.5. The molecule has 0 saturated carbocycles. The minimum Gasteiger partial charge on any atom is -0.303 e. The van der Waals surface area contributed by atoms with Gasteiger partial charge in [-0.1, -0.05) is 66.2 Å². The van der Waals surface area contributed by atoms with Gasteiger partial charge in [0.1, 0.15) is 0 Å². The number of phosphoric ester groups is 1. The predicted octanol–water partition coefficient (Wildman–Crippen LogP) is 4.90. The molecule has 20 heavy (non-hydrogen) atoms. The predicted molar refractivity (Wildman–Crippen MR) is 83.5 cm³/mol. The number of phosphoric acid groups is 1. The molecule has 0 saturated heterocycles. The van der Waals surface area contributed by atoms with Crippen LogP contribution in [0.5, 0.6) is 0 Å². The van der Waals surface area contributed by atoms with E-state index in [9.17, 15) is 4.57 Å². The molecule has 0 aromatic heterocycles. The molecule has 0 heterocycles. The Hall–Kier alpha value is 0.110. The third-order valence-corrected chi connectivity index (χ3v) is 4.42. The van der Waals surface area contributed by atoms with E-state index in [4.69, 9.17) is 14.3 Å². The largest absolute Gasteiger partial charge is 0.469 e. The third kappa shape index (κ3) is 9.93. The van der Waals surface area contributed by atoms with Crippen LogP contribution < -0.4 is 0 Å². The lowest BCUT2D eigenvalue weighted by Crippen LogP contribution is -2.28. The zero-order chi connectivity index (χ0) is 15.6. The highest BCUT2D eigenvalue weighted by atomic mass is 31.2. The van der Waals surface area contributed by atoms with Crippen molar-refractivity contribution < 1.29 is 18.9 Å². The smallest absolute Gasteiger partial charge is 0.303 e. The summed E-state index contributed by atoms with van der Waals surface area (Å²) in [6.07, 6.45) is 8.43. The first-order valence-corrected chi connectivity index (χ1v) is 9.58. The van der Waals surface area contributed by atoms with Gasteiger partial charge in [0.25, 0.3) is 0 Å². The van der Waals surface area contributed by atoms with Gasteiger partial charge in [-0.05, 0) is 24.7 Å². The lowest BCUT2D eigenvalue weighted by atomic mass is 9.86. The molecule has 0 amide bonds. The Bertz CT molecular complexity index is 261. The van der Waals surface area contributed by atoms with Gasteiger partial charge < -0.3 is 9.79 Å². The van der Waals surface area contributed by atoms with Gasteiger partial charge in [0, 0.05) is 0 Å². The number of rotatable bonds is 12. The summed E-state index contributed by atoms with van der Waals surface area (Å²) in [5.74, 6) is 0.372. The highest BCUT2D eigenvalue weighted by Gasteiger charge is 2.30. The summed E-state index contributed by atoms with van der Waals surface area (Å²) in [5, 5.41) is 0. The van der Waals surface area contributed by atoms with E-state index in [1.54, 1.807) is 0 Å². The minimum absolute atomic E-state index is 0.186. The van der Waals surface area contributed by atoms with Crippen LogP contribution in [0.4, 0.5) is 0 Å². The lowest BCUT2D eigenvalue weighted by molar-refractivity contribution is 0.0467. The van der Waals surface area contributed by atoms with Crippen molar-refractivity contribution in [1.29, 1.82) is 0 Å². The molecule has 2 unspecified atom stereocenters. The maximum atomic E-state index is 11.2. The molecule has 5 heteroatoms. The fourth-order valence-corrected chi connectivity index (χ4v) is 3.42. The van der Waals surface area contributed by atoms with Gasteiger partial charge in [0.15, 0.2) is 0 Å². The summed E-state index contributed by atoms with van der Waals surface area (Å²) < 4.78 is 16.3. The van der Waals surface area contributed by atoms with E-state index in [1.165, 1.54) is 0 Å². The van der Waals surface area contributed by atoms with E-state index in [1.807, 2.05) is 13.8 Å².